The molecule has 1 aliphatic heterocycles. The summed E-state index contributed by atoms with van der Waals surface area (Å²) in [6.45, 7) is 2.91. The van der Waals surface area contributed by atoms with Crippen LogP contribution in [0.5, 0.6) is 0 Å². The number of hydrogen-bond acceptors (Lipinski definition) is 7. The van der Waals surface area contributed by atoms with Crippen LogP contribution >= 0.6 is 11.5 Å². The zero-order valence-corrected chi connectivity index (χ0v) is 10.8. The van der Waals surface area contributed by atoms with Crippen LogP contribution in [0.1, 0.15) is 19.0 Å². The van der Waals surface area contributed by atoms with Gasteiger partial charge in [0.2, 0.25) is 0 Å². The Morgan fingerprint density at radius 3 is 2.78 bits per heavy atom. The summed E-state index contributed by atoms with van der Waals surface area (Å²) in [5.74, 6) is -0.665. The maximum absolute atomic E-state index is 11.6. The van der Waals surface area contributed by atoms with E-state index in [4.69, 9.17) is 4.74 Å². The van der Waals surface area contributed by atoms with Gasteiger partial charge >= 0.3 is 0 Å². The van der Waals surface area contributed by atoms with Gasteiger partial charge in [0.15, 0.2) is 0 Å². The molecular formula is C10H14N4O3S. The molecule has 8 heteroatoms. The van der Waals surface area contributed by atoms with Crippen molar-refractivity contribution in [3.8, 4) is 0 Å². The van der Waals surface area contributed by atoms with Gasteiger partial charge in [-0.25, -0.2) is 0 Å². The van der Waals surface area contributed by atoms with Gasteiger partial charge in [0, 0.05) is 18.1 Å². The van der Waals surface area contributed by atoms with Gasteiger partial charge in [-0.3, -0.25) is 14.5 Å². The number of anilines is 1. The summed E-state index contributed by atoms with van der Waals surface area (Å²) in [5, 5.41) is 7.94. The van der Waals surface area contributed by atoms with Crippen molar-refractivity contribution in [1.82, 2.24) is 14.5 Å². The summed E-state index contributed by atoms with van der Waals surface area (Å²) < 4.78 is 8.69. The molecule has 1 fully saturated rings. The van der Waals surface area contributed by atoms with Crippen LogP contribution in [-0.2, 0) is 20.9 Å². The predicted molar refractivity (Wildman–Crippen MR) is 65.1 cm³/mol. The lowest BCUT2D eigenvalue weighted by molar-refractivity contribution is -0.159. The van der Waals surface area contributed by atoms with Crippen LogP contribution in [0.2, 0.25) is 0 Å². The molecule has 1 aliphatic rings. The van der Waals surface area contributed by atoms with E-state index < -0.39 is 0 Å². The van der Waals surface area contributed by atoms with Crippen molar-refractivity contribution in [2.24, 2.45) is 0 Å². The second kappa shape index (κ2) is 5.87. The smallest absolute Gasteiger partial charge is 0.255 e. The Morgan fingerprint density at radius 2 is 2.11 bits per heavy atom. The summed E-state index contributed by atoms with van der Waals surface area (Å²) in [5.41, 5.74) is 0.622. The molecule has 0 saturated carbocycles. The standard InChI is InChI=1S/C10H14N4O3S/c1-2-3-11-10-7(12-13-18-10)4-14-8(15)5-17-6-9(14)16/h11H,2-6H2,1H3. The van der Waals surface area contributed by atoms with Gasteiger partial charge in [-0.05, 0) is 6.42 Å². The summed E-state index contributed by atoms with van der Waals surface area (Å²) in [6.07, 6.45) is 0.979. The van der Waals surface area contributed by atoms with E-state index in [9.17, 15) is 9.59 Å². The molecule has 0 atom stereocenters. The molecule has 1 aromatic rings. The first-order valence-electron chi connectivity index (χ1n) is 5.68. The highest BCUT2D eigenvalue weighted by Crippen LogP contribution is 2.20. The van der Waals surface area contributed by atoms with Crippen LogP contribution in [0.3, 0.4) is 0 Å². The van der Waals surface area contributed by atoms with Gasteiger partial charge in [-0.1, -0.05) is 11.4 Å². The number of imide groups is 1. The topological polar surface area (TPSA) is 84.4 Å². The highest BCUT2D eigenvalue weighted by Gasteiger charge is 2.28. The number of amides is 2. The van der Waals surface area contributed by atoms with Crippen LogP contribution in [-0.4, -0.2) is 46.1 Å². The van der Waals surface area contributed by atoms with Crippen LogP contribution in [0.25, 0.3) is 0 Å². The lowest BCUT2D eigenvalue weighted by atomic mass is 10.3. The van der Waals surface area contributed by atoms with E-state index in [1.165, 1.54) is 11.5 Å². The zero-order valence-electron chi connectivity index (χ0n) is 10.0. The molecule has 2 rings (SSSR count). The third-order valence-corrected chi connectivity index (χ3v) is 3.18. The first-order chi connectivity index (χ1) is 8.72. The molecule has 0 unspecified atom stereocenters. The lowest BCUT2D eigenvalue weighted by Crippen LogP contribution is -2.45. The first-order valence-corrected chi connectivity index (χ1v) is 6.45. The van der Waals surface area contributed by atoms with Gasteiger partial charge < -0.3 is 10.1 Å². The molecular weight excluding hydrogens is 256 g/mol. The maximum Gasteiger partial charge on any atom is 0.255 e. The average molecular weight is 270 g/mol. The molecule has 98 valence electrons. The summed E-state index contributed by atoms with van der Waals surface area (Å²) >= 11 is 1.23. The van der Waals surface area contributed by atoms with Crippen molar-refractivity contribution in [3.63, 3.8) is 0 Å². The van der Waals surface area contributed by atoms with E-state index in [1.54, 1.807) is 0 Å². The van der Waals surface area contributed by atoms with Crippen LogP contribution in [0, 0.1) is 0 Å². The number of ether oxygens (including phenoxy) is 1. The fourth-order valence-corrected chi connectivity index (χ4v) is 2.13. The van der Waals surface area contributed by atoms with Gasteiger partial charge in [-0.2, -0.15) is 0 Å². The molecule has 1 aromatic heterocycles. The highest BCUT2D eigenvalue weighted by atomic mass is 32.1. The fourth-order valence-electron chi connectivity index (χ4n) is 1.53. The van der Waals surface area contributed by atoms with Gasteiger partial charge in [-0.15, -0.1) is 5.10 Å². The second-order valence-corrected chi connectivity index (χ2v) is 4.60. The number of rotatable bonds is 5. The fraction of sp³-hybridized carbons (Fsp3) is 0.600. The van der Waals surface area contributed by atoms with Crippen molar-refractivity contribution in [3.05, 3.63) is 5.69 Å². The minimum atomic E-state index is -0.333. The Balaban J connectivity index is 2.06. The van der Waals surface area contributed by atoms with Gasteiger partial charge in [0.25, 0.3) is 11.8 Å². The molecule has 0 aliphatic carbocycles. The molecule has 0 bridgehead atoms. The minimum Gasteiger partial charge on any atom is -0.374 e. The summed E-state index contributed by atoms with van der Waals surface area (Å²) in [4.78, 5) is 24.3. The van der Waals surface area contributed by atoms with Crippen molar-refractivity contribution in [1.29, 1.82) is 0 Å². The molecule has 0 aromatic carbocycles. The van der Waals surface area contributed by atoms with E-state index in [2.05, 4.69) is 21.8 Å². The highest BCUT2D eigenvalue weighted by molar-refractivity contribution is 7.10. The number of aromatic nitrogens is 2. The summed E-state index contributed by atoms with van der Waals surface area (Å²) in [7, 11) is 0. The number of nitrogens with one attached hydrogen (secondary N) is 1. The lowest BCUT2D eigenvalue weighted by Gasteiger charge is -2.24. The molecule has 0 spiro atoms. The zero-order chi connectivity index (χ0) is 13.0. The molecule has 0 radical (unpaired) electrons. The quantitative estimate of drug-likeness (QED) is 0.772. The molecule has 1 saturated heterocycles. The SMILES string of the molecule is CCCNc1snnc1CN1C(=O)COCC1=O. The summed E-state index contributed by atoms with van der Waals surface area (Å²) in [6, 6.07) is 0. The van der Waals surface area contributed by atoms with E-state index in [1.807, 2.05) is 0 Å². The average Bonchev–Trinajstić information content (AvgIpc) is 2.79. The van der Waals surface area contributed by atoms with Crippen LogP contribution < -0.4 is 5.32 Å². The number of carbonyl (C=O) groups is 2. The molecule has 1 N–H and O–H groups in total. The van der Waals surface area contributed by atoms with Crippen molar-refractivity contribution >= 4 is 28.3 Å². The molecule has 18 heavy (non-hydrogen) atoms. The maximum atomic E-state index is 11.6. The Kier molecular flexibility index (Phi) is 4.21. The number of nitrogens with zero attached hydrogens (tertiary/aromatic N) is 3. The van der Waals surface area contributed by atoms with Crippen molar-refractivity contribution in [2.75, 3.05) is 25.1 Å². The second-order valence-electron chi connectivity index (χ2n) is 3.84. The monoisotopic (exact) mass is 270 g/mol. The predicted octanol–water partition coefficient (Wildman–Crippen LogP) is 0.245. The minimum absolute atomic E-state index is 0.0545. The molecule has 2 amide bonds. The first kappa shape index (κ1) is 12.9. The number of hydrogen-bond donors (Lipinski definition) is 1. The van der Waals surface area contributed by atoms with E-state index in [0.717, 1.165) is 22.9 Å². The van der Waals surface area contributed by atoms with Gasteiger partial charge in [0.1, 0.15) is 23.9 Å². The molecule has 2 heterocycles. The Morgan fingerprint density at radius 1 is 1.39 bits per heavy atom. The third kappa shape index (κ3) is 2.82. The van der Waals surface area contributed by atoms with Crippen molar-refractivity contribution < 1.29 is 14.3 Å². The normalized spacial score (nSPS) is 16.2. The van der Waals surface area contributed by atoms with Gasteiger partial charge in [0.05, 0.1) is 6.54 Å². The molecule has 7 nitrogen and oxygen atoms in total. The van der Waals surface area contributed by atoms with E-state index in [0.29, 0.717) is 5.69 Å². The number of carbonyl (C=O) groups excluding carboxylic acids is 2. The Labute approximate surface area is 108 Å². The number of morpholine rings is 1. The van der Waals surface area contributed by atoms with Crippen LogP contribution in [0.4, 0.5) is 5.00 Å². The largest absolute Gasteiger partial charge is 0.374 e. The van der Waals surface area contributed by atoms with E-state index in [-0.39, 0.29) is 31.6 Å². The van der Waals surface area contributed by atoms with E-state index >= 15 is 0 Å². The Bertz CT molecular complexity index is 432. The van der Waals surface area contributed by atoms with Crippen LogP contribution in [0.15, 0.2) is 0 Å². The van der Waals surface area contributed by atoms with Crippen molar-refractivity contribution in [2.45, 2.75) is 19.9 Å². The third-order valence-electron chi connectivity index (χ3n) is 2.45. The Hall–Kier alpha value is -1.54.